The molecule has 0 radical (unpaired) electrons. The predicted octanol–water partition coefficient (Wildman–Crippen LogP) is 4.86. The van der Waals surface area contributed by atoms with Gasteiger partial charge in [-0.1, -0.05) is 40.2 Å². The molecule has 8 heteroatoms. The maximum absolute atomic E-state index is 14.2. The topological polar surface area (TPSA) is 76.1 Å². The maximum atomic E-state index is 14.2. The molecule has 186 valence electrons. The van der Waals surface area contributed by atoms with Crippen LogP contribution in [0.5, 0.6) is 11.5 Å². The fraction of sp³-hybridized carbons (Fsp3) is 0.207. The molecule has 6 rings (SSSR count). The minimum absolute atomic E-state index is 0.295. The van der Waals surface area contributed by atoms with Crippen molar-refractivity contribution in [1.29, 1.82) is 0 Å². The van der Waals surface area contributed by atoms with Crippen LogP contribution >= 0.6 is 15.9 Å². The van der Waals surface area contributed by atoms with Crippen LogP contribution in [0.4, 0.5) is 5.69 Å². The Kier molecular flexibility index (Phi) is 5.64. The first kappa shape index (κ1) is 23.5. The van der Waals surface area contributed by atoms with E-state index in [4.69, 9.17) is 9.47 Å². The lowest BCUT2D eigenvalue weighted by Gasteiger charge is -2.35. The van der Waals surface area contributed by atoms with E-state index in [-0.39, 0.29) is 17.6 Å². The molecule has 3 heterocycles. The number of halogens is 1. The third-order valence-corrected chi connectivity index (χ3v) is 8.02. The maximum Gasteiger partial charge on any atom is 0.240 e. The molecule has 3 aliphatic heterocycles. The van der Waals surface area contributed by atoms with E-state index in [9.17, 15) is 14.4 Å². The Labute approximate surface area is 222 Å². The first-order chi connectivity index (χ1) is 17.9. The molecule has 2 saturated heterocycles. The Morgan fingerprint density at radius 3 is 2.35 bits per heavy atom. The Balaban J connectivity index is 1.51. The molecule has 4 atom stereocenters. The average Bonchev–Trinajstić information content (AvgIpc) is 3.40. The van der Waals surface area contributed by atoms with Crippen LogP contribution < -0.4 is 14.4 Å². The Bertz CT molecular complexity index is 1470. The van der Waals surface area contributed by atoms with Crippen LogP contribution in [0.3, 0.4) is 0 Å². The van der Waals surface area contributed by atoms with Crippen molar-refractivity contribution in [1.82, 2.24) is 4.90 Å². The smallest absolute Gasteiger partial charge is 0.240 e. The molecule has 0 aliphatic carbocycles. The second-order valence-electron chi connectivity index (χ2n) is 9.25. The van der Waals surface area contributed by atoms with Gasteiger partial charge in [-0.05, 0) is 59.7 Å². The molecular weight excluding hydrogens is 536 g/mol. The number of carbonyl (C=O) groups excluding carboxylic acids is 3. The van der Waals surface area contributed by atoms with Gasteiger partial charge in [-0.3, -0.25) is 14.4 Å². The van der Waals surface area contributed by atoms with Gasteiger partial charge >= 0.3 is 0 Å². The molecule has 3 aromatic rings. The van der Waals surface area contributed by atoms with E-state index in [1.807, 2.05) is 41.4 Å². The summed E-state index contributed by atoms with van der Waals surface area (Å²) in [5.41, 5.74) is 2.69. The van der Waals surface area contributed by atoms with E-state index in [1.165, 1.54) is 19.1 Å². The zero-order valence-corrected chi connectivity index (χ0v) is 21.7. The molecule has 0 aromatic heterocycles. The minimum Gasteiger partial charge on any atom is -0.497 e. The minimum atomic E-state index is -0.891. The van der Waals surface area contributed by atoms with Crippen molar-refractivity contribution in [2.45, 2.75) is 12.1 Å². The lowest BCUT2D eigenvalue weighted by Crippen LogP contribution is -2.44. The number of fused-ring (bicyclic) bond motifs is 5. The van der Waals surface area contributed by atoms with Gasteiger partial charge in [0.25, 0.3) is 0 Å². The van der Waals surface area contributed by atoms with Crippen LogP contribution in [0.25, 0.3) is 6.08 Å². The highest BCUT2D eigenvalue weighted by molar-refractivity contribution is 9.10. The van der Waals surface area contributed by atoms with Crippen molar-refractivity contribution < 1.29 is 23.9 Å². The third kappa shape index (κ3) is 3.50. The SMILES string of the molecule is COc1ccc(OC)c(C(=O)[C@H]2[C@H]3C(=O)N(c4ccc(Br)cc4)C(=O)[C@@H]3[C@H]3c4ccccc4C=CN32)c1. The van der Waals surface area contributed by atoms with Crippen LogP contribution in [0.15, 0.2) is 77.4 Å². The number of rotatable bonds is 5. The van der Waals surface area contributed by atoms with E-state index in [0.717, 1.165) is 15.6 Å². The highest BCUT2D eigenvalue weighted by atomic mass is 79.9. The third-order valence-electron chi connectivity index (χ3n) is 7.49. The van der Waals surface area contributed by atoms with Crippen LogP contribution in [0, 0.1) is 11.8 Å². The fourth-order valence-corrected chi connectivity index (χ4v) is 6.13. The zero-order valence-electron chi connectivity index (χ0n) is 20.1. The van der Waals surface area contributed by atoms with Gasteiger partial charge < -0.3 is 14.4 Å². The quantitative estimate of drug-likeness (QED) is 0.328. The summed E-state index contributed by atoms with van der Waals surface area (Å²) in [7, 11) is 3.02. The van der Waals surface area contributed by atoms with Crippen LogP contribution in [0.1, 0.15) is 27.5 Å². The van der Waals surface area contributed by atoms with Gasteiger partial charge in [-0.25, -0.2) is 4.90 Å². The van der Waals surface area contributed by atoms with E-state index in [1.54, 1.807) is 42.5 Å². The van der Waals surface area contributed by atoms with Gasteiger partial charge in [0.2, 0.25) is 11.8 Å². The number of carbonyl (C=O) groups is 3. The summed E-state index contributed by atoms with van der Waals surface area (Å²) in [6, 6.07) is 18.5. The number of ketones is 1. The van der Waals surface area contributed by atoms with Gasteiger partial charge in [-0.15, -0.1) is 0 Å². The predicted molar refractivity (Wildman–Crippen MR) is 141 cm³/mol. The number of anilines is 1. The molecule has 0 N–H and O–H groups in total. The number of hydrogen-bond donors (Lipinski definition) is 0. The summed E-state index contributed by atoms with van der Waals surface area (Å²) in [5, 5.41) is 0. The summed E-state index contributed by atoms with van der Waals surface area (Å²) in [6.45, 7) is 0. The lowest BCUT2D eigenvalue weighted by atomic mass is 9.83. The summed E-state index contributed by atoms with van der Waals surface area (Å²) in [6.07, 6.45) is 3.77. The van der Waals surface area contributed by atoms with Crippen LogP contribution in [0.2, 0.25) is 0 Å². The number of imide groups is 1. The monoisotopic (exact) mass is 558 g/mol. The molecule has 7 nitrogen and oxygen atoms in total. The van der Waals surface area contributed by atoms with Gasteiger partial charge in [-0.2, -0.15) is 0 Å². The molecule has 0 unspecified atom stereocenters. The van der Waals surface area contributed by atoms with Gasteiger partial charge in [0.1, 0.15) is 17.5 Å². The van der Waals surface area contributed by atoms with Crippen molar-refractivity contribution in [3.05, 3.63) is 94.1 Å². The number of nitrogens with zero attached hydrogens (tertiary/aromatic N) is 2. The molecule has 0 saturated carbocycles. The number of amides is 2. The van der Waals surface area contributed by atoms with E-state index in [0.29, 0.717) is 22.7 Å². The van der Waals surface area contributed by atoms with E-state index >= 15 is 0 Å². The summed E-state index contributed by atoms with van der Waals surface area (Å²) >= 11 is 3.41. The highest BCUT2D eigenvalue weighted by Gasteiger charge is 2.64. The summed E-state index contributed by atoms with van der Waals surface area (Å²) in [5.74, 6) is -1.67. The zero-order chi connectivity index (χ0) is 25.8. The Hall–Kier alpha value is -3.91. The van der Waals surface area contributed by atoms with Gasteiger partial charge in [0, 0.05) is 10.7 Å². The number of Topliss-reactive ketones (excluding diaryl/α,β-unsaturated/α-hetero) is 1. The van der Waals surface area contributed by atoms with Crippen molar-refractivity contribution in [3.63, 3.8) is 0 Å². The number of ether oxygens (including phenoxy) is 2. The van der Waals surface area contributed by atoms with Crippen molar-refractivity contribution in [2.75, 3.05) is 19.1 Å². The lowest BCUT2D eigenvalue weighted by molar-refractivity contribution is -0.123. The van der Waals surface area contributed by atoms with Crippen molar-refractivity contribution in [3.8, 4) is 11.5 Å². The molecule has 2 amide bonds. The first-order valence-electron chi connectivity index (χ1n) is 11.9. The van der Waals surface area contributed by atoms with E-state index < -0.39 is 23.9 Å². The molecule has 37 heavy (non-hydrogen) atoms. The molecule has 0 spiro atoms. The molecule has 3 aromatic carbocycles. The molecular formula is C29H23BrN2O5. The summed E-state index contributed by atoms with van der Waals surface area (Å²) < 4.78 is 11.7. The Morgan fingerprint density at radius 2 is 1.62 bits per heavy atom. The number of benzene rings is 3. The van der Waals surface area contributed by atoms with Crippen molar-refractivity contribution >= 4 is 45.3 Å². The van der Waals surface area contributed by atoms with Crippen LogP contribution in [-0.2, 0) is 9.59 Å². The van der Waals surface area contributed by atoms with Crippen LogP contribution in [-0.4, -0.2) is 42.8 Å². The number of methoxy groups -OCH3 is 2. The standard InChI is InChI=1S/C29H23BrN2O5/c1-36-19-11-12-22(37-2)21(15-19)27(33)26-24-23(25-20-6-4-3-5-16(20)13-14-31(25)26)28(34)32(29(24)35)18-9-7-17(30)8-10-18/h3-15,23-26H,1-2H3/t23-,24-,25+,26+/m0/s1. The Morgan fingerprint density at radius 1 is 0.892 bits per heavy atom. The largest absolute Gasteiger partial charge is 0.497 e. The highest BCUT2D eigenvalue weighted by Crippen LogP contribution is 2.54. The van der Waals surface area contributed by atoms with Gasteiger partial charge in [0.15, 0.2) is 5.78 Å². The van der Waals surface area contributed by atoms with Gasteiger partial charge in [0.05, 0.1) is 43.3 Å². The second kappa shape index (κ2) is 8.88. The van der Waals surface area contributed by atoms with Crippen molar-refractivity contribution in [2.24, 2.45) is 11.8 Å². The molecule has 0 bridgehead atoms. The molecule has 3 aliphatic rings. The van der Waals surface area contributed by atoms with E-state index in [2.05, 4.69) is 15.9 Å². The normalized spacial score (nSPS) is 23.5. The average molecular weight is 559 g/mol. The number of hydrogen-bond acceptors (Lipinski definition) is 6. The fourth-order valence-electron chi connectivity index (χ4n) is 5.87. The summed E-state index contributed by atoms with van der Waals surface area (Å²) in [4.78, 5) is 45.3. The first-order valence-corrected chi connectivity index (χ1v) is 12.7. The molecule has 2 fully saturated rings. The second-order valence-corrected chi connectivity index (χ2v) is 10.2.